The molecule has 0 atom stereocenters. The van der Waals surface area contributed by atoms with Gasteiger partial charge in [0.15, 0.2) is 0 Å². The van der Waals surface area contributed by atoms with Crippen molar-refractivity contribution in [3.63, 3.8) is 0 Å². The third kappa shape index (κ3) is 4.33. The molecule has 4 rings (SSSR count). The van der Waals surface area contributed by atoms with Gasteiger partial charge in [0.2, 0.25) is 0 Å². The Hall–Kier alpha value is -2.48. The number of hydrogen-bond donors (Lipinski definition) is 1. The maximum atomic E-state index is 13.7. The molecule has 1 aliphatic heterocycles. The highest BCUT2D eigenvalue weighted by Crippen LogP contribution is 2.21. The summed E-state index contributed by atoms with van der Waals surface area (Å²) in [5, 5.41) is 10.1. The normalized spacial score (nSPS) is 15.6. The van der Waals surface area contributed by atoms with E-state index in [0.717, 1.165) is 23.4 Å². The van der Waals surface area contributed by atoms with Crippen LogP contribution in [0.5, 0.6) is 0 Å². The van der Waals surface area contributed by atoms with E-state index < -0.39 is 18.1 Å². The van der Waals surface area contributed by atoms with E-state index >= 15 is 0 Å². The fourth-order valence-corrected chi connectivity index (χ4v) is 3.93. The monoisotopic (exact) mass is 435 g/mol. The first kappa shape index (κ1) is 18.3. The molecule has 0 saturated carbocycles. The van der Waals surface area contributed by atoms with Crippen molar-refractivity contribution >= 4 is 11.6 Å². The molecule has 1 aromatic heterocycles. The second kappa shape index (κ2) is 8.71. The van der Waals surface area contributed by atoms with Gasteiger partial charge in [-0.1, -0.05) is 23.7 Å². The zero-order chi connectivity index (χ0) is 23.0. The van der Waals surface area contributed by atoms with Crippen LogP contribution in [0.1, 0.15) is 25.1 Å². The summed E-state index contributed by atoms with van der Waals surface area (Å²) in [7, 11) is 0. The van der Waals surface area contributed by atoms with Crippen LogP contribution in [-0.2, 0) is 32.6 Å². The lowest BCUT2D eigenvalue weighted by atomic mass is 10.1. The average Bonchev–Trinajstić information content (AvgIpc) is 3.00. The SMILES string of the molecule is [2H]C([2H])(c1cc(F)cc(F)c1)N1CCc2c(c(=O)n(Cc3ccc(Cl)cc3)n2CCO)C1. The second-order valence-corrected chi connectivity index (χ2v) is 7.64. The van der Waals surface area contributed by atoms with E-state index in [1.54, 1.807) is 16.8 Å². The van der Waals surface area contributed by atoms with Gasteiger partial charge in [0.05, 0.1) is 25.3 Å². The van der Waals surface area contributed by atoms with Crippen molar-refractivity contribution in [2.75, 3.05) is 13.2 Å². The molecule has 0 bridgehead atoms. The molecule has 5 nitrogen and oxygen atoms in total. The minimum absolute atomic E-state index is 0.0155. The van der Waals surface area contributed by atoms with Gasteiger partial charge in [-0.25, -0.2) is 13.5 Å². The number of aliphatic hydroxyl groups is 1. The van der Waals surface area contributed by atoms with Gasteiger partial charge in [0, 0.05) is 45.5 Å². The van der Waals surface area contributed by atoms with Crippen LogP contribution in [0, 0.1) is 11.6 Å². The minimum Gasteiger partial charge on any atom is -0.394 e. The quantitative estimate of drug-likeness (QED) is 0.647. The van der Waals surface area contributed by atoms with Crippen molar-refractivity contribution in [3.05, 3.63) is 91.9 Å². The van der Waals surface area contributed by atoms with Crippen LogP contribution in [-0.4, -0.2) is 32.5 Å². The highest BCUT2D eigenvalue weighted by Gasteiger charge is 2.26. The van der Waals surface area contributed by atoms with Gasteiger partial charge in [0.1, 0.15) is 11.6 Å². The van der Waals surface area contributed by atoms with Crippen molar-refractivity contribution in [1.82, 2.24) is 14.3 Å². The summed E-state index contributed by atoms with van der Waals surface area (Å²) in [6.07, 6.45) is 0.357. The van der Waals surface area contributed by atoms with E-state index in [0.29, 0.717) is 23.1 Å². The van der Waals surface area contributed by atoms with E-state index in [2.05, 4.69) is 0 Å². The highest BCUT2D eigenvalue weighted by molar-refractivity contribution is 6.30. The Morgan fingerprint density at radius 2 is 1.77 bits per heavy atom. The van der Waals surface area contributed by atoms with Crippen molar-refractivity contribution < 1.29 is 16.6 Å². The number of aliphatic hydroxyl groups excluding tert-OH is 1. The largest absolute Gasteiger partial charge is 0.394 e. The molecule has 0 unspecified atom stereocenters. The van der Waals surface area contributed by atoms with Crippen LogP contribution in [0.4, 0.5) is 8.78 Å². The molecule has 0 fully saturated rings. The van der Waals surface area contributed by atoms with Gasteiger partial charge in [-0.3, -0.25) is 14.4 Å². The Kier molecular flexibility index (Phi) is 5.32. The zero-order valence-corrected chi connectivity index (χ0v) is 16.9. The van der Waals surface area contributed by atoms with Crippen molar-refractivity contribution in [2.24, 2.45) is 0 Å². The molecule has 0 radical (unpaired) electrons. The van der Waals surface area contributed by atoms with Gasteiger partial charge in [-0.05, 0) is 35.4 Å². The van der Waals surface area contributed by atoms with Crippen LogP contribution < -0.4 is 5.56 Å². The van der Waals surface area contributed by atoms with Gasteiger partial charge < -0.3 is 5.11 Å². The average molecular weight is 436 g/mol. The number of hydrogen-bond acceptors (Lipinski definition) is 3. The number of benzene rings is 2. The maximum absolute atomic E-state index is 13.7. The first-order chi connectivity index (χ1) is 15.2. The minimum atomic E-state index is -2.17. The molecule has 0 spiro atoms. The molecular weight excluding hydrogens is 412 g/mol. The molecule has 2 aromatic carbocycles. The standard InChI is InChI=1S/C22H22ClF2N3O2/c23-17-3-1-15(2-4-17)13-28-22(30)20-14-26(6-5-21(20)27(28)7-8-29)12-16-9-18(24)11-19(25)10-16/h1-4,9-11,29H,5-8,12-14H2/i12D2. The summed E-state index contributed by atoms with van der Waals surface area (Å²) in [5.41, 5.74) is 1.58. The predicted molar refractivity (Wildman–Crippen MR) is 111 cm³/mol. The Balaban J connectivity index is 1.69. The number of fused-ring (bicyclic) bond motifs is 1. The van der Waals surface area contributed by atoms with Crippen molar-refractivity contribution in [1.29, 1.82) is 0 Å². The summed E-state index contributed by atoms with van der Waals surface area (Å²) < 4.78 is 47.6. The second-order valence-electron chi connectivity index (χ2n) is 7.20. The molecule has 3 aromatic rings. The van der Waals surface area contributed by atoms with E-state index in [-0.39, 0.29) is 43.9 Å². The smallest absolute Gasteiger partial charge is 0.271 e. The first-order valence-corrected chi connectivity index (χ1v) is 9.97. The Morgan fingerprint density at radius 1 is 1.07 bits per heavy atom. The number of rotatable bonds is 6. The molecule has 1 aliphatic rings. The molecule has 2 heterocycles. The third-order valence-corrected chi connectivity index (χ3v) is 5.37. The topological polar surface area (TPSA) is 50.4 Å². The number of aromatic nitrogens is 2. The fourth-order valence-electron chi connectivity index (χ4n) is 3.81. The predicted octanol–water partition coefficient (Wildman–Crippen LogP) is 3.18. The maximum Gasteiger partial charge on any atom is 0.271 e. The van der Waals surface area contributed by atoms with Crippen LogP contribution in [0.3, 0.4) is 0 Å². The Bertz CT molecular complexity index is 1170. The van der Waals surface area contributed by atoms with Crippen molar-refractivity contribution in [3.8, 4) is 0 Å². The van der Waals surface area contributed by atoms with Crippen LogP contribution in [0.25, 0.3) is 0 Å². The van der Waals surface area contributed by atoms with Gasteiger partial charge in [-0.2, -0.15) is 0 Å². The van der Waals surface area contributed by atoms with Crippen LogP contribution in [0.2, 0.25) is 5.02 Å². The van der Waals surface area contributed by atoms with Crippen LogP contribution in [0.15, 0.2) is 47.3 Å². The summed E-state index contributed by atoms with van der Waals surface area (Å²) in [6.45, 7) is -1.61. The van der Waals surface area contributed by atoms with E-state index in [1.807, 2.05) is 12.1 Å². The molecule has 0 amide bonds. The lowest BCUT2D eigenvalue weighted by Crippen LogP contribution is -2.32. The summed E-state index contributed by atoms with van der Waals surface area (Å²) >= 11 is 5.94. The summed E-state index contributed by atoms with van der Waals surface area (Å²) in [6, 6.07) is 9.72. The van der Waals surface area contributed by atoms with Gasteiger partial charge in [-0.15, -0.1) is 0 Å². The summed E-state index contributed by atoms with van der Waals surface area (Å²) in [5.74, 6) is -1.72. The zero-order valence-electron chi connectivity index (χ0n) is 18.1. The Labute approximate surface area is 180 Å². The molecule has 158 valence electrons. The van der Waals surface area contributed by atoms with E-state index in [1.165, 1.54) is 9.58 Å². The van der Waals surface area contributed by atoms with Crippen LogP contribution >= 0.6 is 11.6 Å². The molecule has 1 N–H and O–H groups in total. The van der Waals surface area contributed by atoms with Gasteiger partial charge >= 0.3 is 0 Å². The molecule has 0 saturated heterocycles. The van der Waals surface area contributed by atoms with Gasteiger partial charge in [0.25, 0.3) is 5.56 Å². The Morgan fingerprint density at radius 3 is 2.43 bits per heavy atom. The van der Waals surface area contributed by atoms with E-state index in [9.17, 15) is 18.7 Å². The molecular formula is C22H22ClF2N3O2. The number of nitrogens with zero attached hydrogens (tertiary/aromatic N) is 3. The molecule has 8 heteroatoms. The lowest BCUT2D eigenvalue weighted by molar-refractivity contribution is 0.232. The van der Waals surface area contributed by atoms with Crippen molar-refractivity contribution in [2.45, 2.75) is 32.6 Å². The first-order valence-electron chi connectivity index (χ1n) is 10.6. The lowest BCUT2D eigenvalue weighted by Gasteiger charge is -2.27. The highest BCUT2D eigenvalue weighted by atomic mass is 35.5. The summed E-state index contributed by atoms with van der Waals surface area (Å²) in [4.78, 5) is 14.7. The van der Waals surface area contributed by atoms with E-state index in [4.69, 9.17) is 14.3 Å². The third-order valence-electron chi connectivity index (χ3n) is 5.12. The molecule has 0 aliphatic carbocycles. The fraction of sp³-hybridized carbons (Fsp3) is 0.318. The molecule has 30 heavy (non-hydrogen) atoms. The number of halogens is 3.